The number of rotatable bonds is 4. The van der Waals surface area contributed by atoms with Crippen LogP contribution < -0.4 is 0 Å². The first-order chi connectivity index (χ1) is 31.3. The van der Waals surface area contributed by atoms with E-state index >= 15 is 0 Å². The first-order valence-corrected chi connectivity index (χ1v) is 19.8. The molecular weight excluding hydrogens is 777 g/mol. The Morgan fingerprint density at radius 1 is 0.281 bits per heavy atom. The molecule has 4 heteroatoms. The molecule has 2 aliphatic rings. The van der Waals surface area contributed by atoms with Crippen LogP contribution in [-0.2, 0) is 0 Å². The predicted molar refractivity (Wildman–Crippen MR) is 264 cm³/mol. The predicted octanol–water partition coefficient (Wildman–Crippen LogP) is 11.2. The Bertz CT molecular complexity index is 3190. The van der Waals surface area contributed by atoms with Gasteiger partial charge in [0.2, 0.25) is 0 Å². The fourth-order valence-electron chi connectivity index (χ4n) is 8.17. The molecule has 0 saturated heterocycles. The van der Waals surface area contributed by atoms with Crippen molar-refractivity contribution in [2.45, 2.75) is 0 Å². The van der Waals surface area contributed by atoms with Gasteiger partial charge in [-0.05, 0) is 144 Å². The Morgan fingerprint density at radius 2 is 0.469 bits per heavy atom. The van der Waals surface area contributed by atoms with Crippen molar-refractivity contribution in [3.05, 3.63) is 164 Å². The molecule has 9 rings (SSSR count). The highest BCUT2D eigenvalue weighted by atomic mass is 14.8. The maximum Gasteiger partial charge on any atom is 0.0737 e. The smallest absolute Gasteiger partial charge is 0.0737 e. The van der Waals surface area contributed by atoms with Crippen molar-refractivity contribution in [2.24, 2.45) is 0 Å². The van der Waals surface area contributed by atoms with E-state index < -0.39 is 0 Å². The molecule has 4 aromatic carbocycles. The quantitative estimate of drug-likeness (QED) is 0.174. The third kappa shape index (κ3) is 7.09. The van der Waals surface area contributed by atoms with Gasteiger partial charge in [-0.15, -0.1) is 51.4 Å². The van der Waals surface area contributed by atoms with E-state index in [-0.39, 0.29) is 0 Å². The minimum Gasteiger partial charge on any atom is -0.354 e. The molecule has 0 fully saturated rings. The second-order valence-electron chi connectivity index (χ2n) is 14.9. The molecule has 4 nitrogen and oxygen atoms in total. The molecule has 0 atom stereocenters. The largest absolute Gasteiger partial charge is 0.354 e. The van der Waals surface area contributed by atoms with Gasteiger partial charge in [0, 0.05) is 88.8 Å². The lowest BCUT2D eigenvalue weighted by molar-refractivity contribution is 1.31. The summed E-state index contributed by atoms with van der Waals surface area (Å²) in [6.07, 6.45) is 55.8. The van der Waals surface area contributed by atoms with E-state index in [4.69, 9.17) is 61.4 Å². The van der Waals surface area contributed by atoms with E-state index in [1.807, 2.05) is 97.1 Å². The lowest BCUT2D eigenvalue weighted by Gasteiger charge is -2.09. The van der Waals surface area contributed by atoms with Crippen LogP contribution in [0.1, 0.15) is 67.3 Å². The Kier molecular flexibility index (Phi) is 9.98. The summed E-state index contributed by atoms with van der Waals surface area (Å²) in [7, 11) is 0. The van der Waals surface area contributed by atoms with E-state index in [1.165, 1.54) is 0 Å². The van der Waals surface area contributed by atoms with E-state index in [0.717, 1.165) is 66.6 Å². The molecule has 8 bridgehead atoms. The van der Waals surface area contributed by atoms with Crippen LogP contribution in [0.15, 0.2) is 97.1 Å². The molecule has 0 unspecified atom stereocenters. The van der Waals surface area contributed by atoms with Crippen molar-refractivity contribution >= 4 is 46.4 Å². The van der Waals surface area contributed by atoms with Crippen LogP contribution in [0.3, 0.4) is 0 Å². The van der Waals surface area contributed by atoms with Crippen LogP contribution in [0.25, 0.3) is 90.9 Å². The van der Waals surface area contributed by atoms with Crippen molar-refractivity contribution in [1.29, 1.82) is 0 Å². The highest BCUT2D eigenvalue weighted by Crippen LogP contribution is 2.40. The number of fused-ring (bicyclic) bond motifs is 8. The Hall–Kier alpha value is -10.0. The third-order valence-electron chi connectivity index (χ3n) is 11.0. The summed E-state index contributed by atoms with van der Waals surface area (Å²) in [5.74, 6) is 22.1. The van der Waals surface area contributed by atoms with Gasteiger partial charge in [-0.25, -0.2) is 9.97 Å². The molecule has 64 heavy (non-hydrogen) atoms. The third-order valence-corrected chi connectivity index (χ3v) is 11.0. The number of nitrogens with one attached hydrogen (secondary N) is 2. The van der Waals surface area contributed by atoms with Gasteiger partial charge in [0.1, 0.15) is 0 Å². The Balaban J connectivity index is 1.53. The van der Waals surface area contributed by atoms with E-state index in [1.54, 1.807) is 24.3 Å². The van der Waals surface area contributed by atoms with Crippen molar-refractivity contribution in [3.63, 3.8) is 0 Å². The van der Waals surface area contributed by atoms with Gasteiger partial charge in [0.15, 0.2) is 0 Å². The van der Waals surface area contributed by atoms with Gasteiger partial charge < -0.3 is 9.97 Å². The second-order valence-corrected chi connectivity index (χ2v) is 14.9. The normalized spacial score (nSPS) is 10.9. The molecule has 0 saturated carbocycles. The van der Waals surface area contributed by atoms with Crippen LogP contribution in [0.4, 0.5) is 0 Å². The summed E-state index contributed by atoms with van der Waals surface area (Å²) in [5, 5.41) is 0. The maximum atomic E-state index is 5.99. The van der Waals surface area contributed by atoms with Crippen LogP contribution in [0.5, 0.6) is 0 Å². The number of hydrogen-bond donors (Lipinski definition) is 2. The fraction of sp³-hybridized carbons (Fsp3) is 0. The fourth-order valence-corrected chi connectivity index (χ4v) is 8.17. The van der Waals surface area contributed by atoms with Gasteiger partial charge in [-0.1, -0.05) is 47.4 Å². The zero-order chi connectivity index (χ0) is 44.5. The summed E-state index contributed by atoms with van der Waals surface area (Å²) in [6.45, 7) is 0. The highest BCUT2D eigenvalue weighted by molar-refractivity contribution is 6.00. The van der Waals surface area contributed by atoms with Gasteiger partial charge in [0.25, 0.3) is 0 Å². The second kappa shape index (κ2) is 16.2. The van der Waals surface area contributed by atoms with Gasteiger partial charge in [-0.2, -0.15) is 0 Å². The zero-order valence-electron chi connectivity index (χ0n) is 34.1. The summed E-state index contributed by atoms with van der Waals surface area (Å²) in [4.78, 5) is 18.2. The number of aromatic nitrogens is 4. The first-order valence-electron chi connectivity index (χ1n) is 19.8. The minimum atomic E-state index is 0.616. The lowest BCUT2D eigenvalue weighted by atomic mass is 9.98. The standard InChI is InChI=1S/C60H30N4/c1-9-37-25-38(10-2)30-45(29-37)57-49-17-19-51(61-49)58(46-31-39(11-3)26-40(12-4)32-46)53-21-23-55(63-53)60(48-35-43(15-7)28-44(16-8)36-48)56-24-22-54(64-56)59(52-20-18-50(57)62-52)47-33-41(13-5)27-42(14-6)34-47/h1-8,17-36,61,64H. The van der Waals surface area contributed by atoms with Crippen LogP contribution in [0.2, 0.25) is 0 Å². The molecule has 2 N–H and O–H groups in total. The zero-order valence-corrected chi connectivity index (χ0v) is 34.1. The summed E-state index contributed by atoms with van der Waals surface area (Å²) >= 11 is 0. The Morgan fingerprint density at radius 3 is 0.641 bits per heavy atom. The molecule has 0 aliphatic carbocycles. The average molecular weight is 807 g/mol. The van der Waals surface area contributed by atoms with Crippen LogP contribution in [0, 0.1) is 98.8 Å². The van der Waals surface area contributed by atoms with E-state index in [2.05, 4.69) is 57.3 Å². The van der Waals surface area contributed by atoms with Gasteiger partial charge in [0.05, 0.1) is 22.8 Å². The molecule has 0 amide bonds. The molecule has 3 aromatic heterocycles. The first kappa shape index (κ1) is 39.4. The SMILES string of the molecule is C#Cc1cc(C#C)cc(-c2c3nc(c(-c4cc(C#C)cc(C#C)c4)c4ccc([nH]4)c(-c4cc(C#C)cc(C#C)c4)c4nc(c(-c5cc(C#C)cc(C#C)c5)c5ccc2[nH]5)C=C4)C=C3)c1. The average Bonchev–Trinajstić information content (AvgIpc) is 4.19. The highest BCUT2D eigenvalue weighted by Gasteiger charge is 2.20. The Labute approximate surface area is 372 Å². The molecule has 7 aromatic rings. The maximum absolute atomic E-state index is 5.99. The summed E-state index contributed by atoms with van der Waals surface area (Å²) in [6, 6.07) is 30.5. The number of aromatic amines is 2. The van der Waals surface area contributed by atoms with Crippen molar-refractivity contribution < 1.29 is 0 Å². The summed E-state index contributed by atoms with van der Waals surface area (Å²) in [5.41, 5.74) is 16.4. The molecule has 2 aliphatic heterocycles. The van der Waals surface area contributed by atoms with E-state index in [9.17, 15) is 0 Å². The van der Waals surface area contributed by atoms with Crippen LogP contribution >= 0.6 is 0 Å². The lowest BCUT2D eigenvalue weighted by Crippen LogP contribution is -1.92. The number of terminal acetylenes is 8. The molecular formula is C60H30N4. The van der Waals surface area contributed by atoms with Crippen LogP contribution in [-0.4, -0.2) is 19.9 Å². The number of H-pyrrole nitrogens is 2. The van der Waals surface area contributed by atoms with Crippen molar-refractivity contribution in [3.8, 4) is 143 Å². The molecule has 0 radical (unpaired) electrons. The minimum absolute atomic E-state index is 0.616. The van der Waals surface area contributed by atoms with E-state index in [0.29, 0.717) is 67.3 Å². The van der Waals surface area contributed by atoms with Crippen molar-refractivity contribution in [1.82, 2.24) is 19.9 Å². The monoisotopic (exact) mass is 806 g/mol. The topological polar surface area (TPSA) is 57.4 Å². The number of hydrogen-bond acceptors (Lipinski definition) is 2. The molecule has 290 valence electrons. The number of benzene rings is 4. The molecule has 5 heterocycles. The van der Waals surface area contributed by atoms with Crippen molar-refractivity contribution in [2.75, 3.05) is 0 Å². The molecule has 0 spiro atoms. The van der Waals surface area contributed by atoms with Gasteiger partial charge >= 0.3 is 0 Å². The van der Waals surface area contributed by atoms with Gasteiger partial charge in [-0.3, -0.25) is 0 Å². The number of nitrogens with zero attached hydrogens (tertiary/aromatic N) is 2. The summed E-state index contributed by atoms with van der Waals surface area (Å²) < 4.78 is 0.